The molecule has 1 aliphatic carbocycles. The van der Waals surface area contributed by atoms with Gasteiger partial charge in [-0.25, -0.2) is 17.8 Å². The number of nitrogens with one attached hydrogen (secondary N) is 2. The van der Waals surface area contributed by atoms with Gasteiger partial charge in [-0.1, -0.05) is 30.3 Å². The maximum Gasteiger partial charge on any atom is 0.240 e. The highest BCUT2D eigenvalue weighted by Crippen LogP contribution is 2.27. The first-order valence-electron chi connectivity index (χ1n) is 10.9. The highest BCUT2D eigenvalue weighted by atomic mass is 32.2. The van der Waals surface area contributed by atoms with Gasteiger partial charge in [0.25, 0.3) is 0 Å². The molecule has 0 aliphatic heterocycles. The largest absolute Gasteiger partial charge is 0.349 e. The van der Waals surface area contributed by atoms with Crippen molar-refractivity contribution in [2.24, 2.45) is 5.92 Å². The van der Waals surface area contributed by atoms with Crippen molar-refractivity contribution in [3.8, 4) is 5.69 Å². The van der Waals surface area contributed by atoms with Gasteiger partial charge in [-0.2, -0.15) is 5.10 Å². The summed E-state index contributed by atoms with van der Waals surface area (Å²) in [6, 6.07) is 18.1. The van der Waals surface area contributed by atoms with Crippen molar-refractivity contribution in [3.05, 3.63) is 78.6 Å². The van der Waals surface area contributed by atoms with Gasteiger partial charge in [0.15, 0.2) is 0 Å². The first-order valence-corrected chi connectivity index (χ1v) is 12.4. The van der Waals surface area contributed by atoms with E-state index in [9.17, 15) is 13.2 Å². The Morgan fingerprint density at radius 2 is 1.69 bits per heavy atom. The van der Waals surface area contributed by atoms with E-state index in [4.69, 9.17) is 0 Å². The maximum atomic E-state index is 12.8. The van der Waals surface area contributed by atoms with Gasteiger partial charge in [0, 0.05) is 24.4 Å². The van der Waals surface area contributed by atoms with Crippen LogP contribution in [0.3, 0.4) is 0 Å². The van der Waals surface area contributed by atoms with E-state index in [1.54, 1.807) is 41.3 Å². The molecule has 2 N–H and O–H groups in total. The smallest absolute Gasteiger partial charge is 0.240 e. The zero-order chi connectivity index (χ0) is 22.6. The monoisotopic (exact) mass is 452 g/mol. The van der Waals surface area contributed by atoms with Crippen molar-refractivity contribution in [2.45, 2.75) is 49.6 Å². The maximum absolute atomic E-state index is 12.8. The molecule has 1 fully saturated rings. The van der Waals surface area contributed by atoms with E-state index in [1.807, 2.05) is 43.3 Å². The molecule has 1 aromatic heterocycles. The van der Waals surface area contributed by atoms with E-state index in [-0.39, 0.29) is 28.8 Å². The molecule has 168 valence electrons. The van der Waals surface area contributed by atoms with Crippen molar-refractivity contribution in [2.75, 3.05) is 0 Å². The van der Waals surface area contributed by atoms with Gasteiger partial charge in [-0.05, 0) is 68.5 Å². The summed E-state index contributed by atoms with van der Waals surface area (Å²) in [7, 11) is -3.62. The standard InChI is InChI=1S/C24H28N4O3S/c1-18(19-6-3-2-4-7-19)26-24(29)20-8-10-21(11-9-20)27-32(30,31)23-14-12-22(13-15-23)28-17-5-16-25-28/h2-7,12-18,20-21,27H,8-11H2,1H3,(H,26,29)/t18-,20?,21?/m1/s1. The zero-order valence-corrected chi connectivity index (χ0v) is 18.8. The zero-order valence-electron chi connectivity index (χ0n) is 18.0. The predicted octanol–water partition coefficient (Wildman–Crippen LogP) is 3.59. The first-order chi connectivity index (χ1) is 15.4. The summed E-state index contributed by atoms with van der Waals surface area (Å²) in [5.74, 6) is -0.0489. The molecule has 0 radical (unpaired) electrons. The Morgan fingerprint density at radius 1 is 1.00 bits per heavy atom. The van der Waals surface area contributed by atoms with Crippen LogP contribution in [0.15, 0.2) is 78.0 Å². The molecule has 7 nitrogen and oxygen atoms in total. The minimum absolute atomic E-state index is 0.0388. The summed E-state index contributed by atoms with van der Waals surface area (Å²) in [6.07, 6.45) is 6.09. The summed E-state index contributed by atoms with van der Waals surface area (Å²) in [5, 5.41) is 7.23. The molecule has 0 saturated heterocycles. The van der Waals surface area contributed by atoms with Gasteiger partial charge < -0.3 is 5.32 Å². The van der Waals surface area contributed by atoms with E-state index in [0.29, 0.717) is 25.7 Å². The Balaban J connectivity index is 1.30. The van der Waals surface area contributed by atoms with Crippen LogP contribution in [-0.2, 0) is 14.8 Å². The SMILES string of the molecule is C[C@@H](NC(=O)C1CCC(NS(=O)(=O)c2ccc(-n3cccn3)cc2)CC1)c1ccccc1. The Hall–Kier alpha value is -2.97. The molecular weight excluding hydrogens is 424 g/mol. The lowest BCUT2D eigenvalue weighted by Gasteiger charge is -2.29. The van der Waals surface area contributed by atoms with Crippen LogP contribution in [0.4, 0.5) is 0 Å². The number of amides is 1. The number of benzene rings is 2. The van der Waals surface area contributed by atoms with Crippen molar-refractivity contribution >= 4 is 15.9 Å². The lowest BCUT2D eigenvalue weighted by Crippen LogP contribution is -2.41. The molecule has 2 aromatic carbocycles. The Morgan fingerprint density at radius 3 is 2.31 bits per heavy atom. The van der Waals surface area contributed by atoms with E-state index in [1.165, 1.54) is 0 Å². The highest BCUT2D eigenvalue weighted by molar-refractivity contribution is 7.89. The normalized spacial score (nSPS) is 19.9. The molecule has 32 heavy (non-hydrogen) atoms. The summed E-state index contributed by atoms with van der Waals surface area (Å²) in [6.45, 7) is 1.98. The Bertz CT molecular complexity index is 1120. The molecule has 1 atom stereocenters. The van der Waals surface area contributed by atoms with Crippen LogP contribution in [-0.4, -0.2) is 30.1 Å². The summed E-state index contributed by atoms with van der Waals surface area (Å²) in [4.78, 5) is 12.9. The van der Waals surface area contributed by atoms with Gasteiger partial charge in [-0.15, -0.1) is 0 Å². The average Bonchev–Trinajstić information content (AvgIpc) is 3.35. The van der Waals surface area contributed by atoms with Crippen LogP contribution >= 0.6 is 0 Å². The number of nitrogens with zero attached hydrogens (tertiary/aromatic N) is 2. The molecule has 8 heteroatoms. The van der Waals surface area contributed by atoms with Crippen LogP contribution in [0.5, 0.6) is 0 Å². The number of rotatable bonds is 7. The second kappa shape index (κ2) is 9.67. The minimum atomic E-state index is -3.62. The van der Waals surface area contributed by atoms with Crippen LogP contribution in [0.1, 0.15) is 44.2 Å². The second-order valence-electron chi connectivity index (χ2n) is 8.26. The average molecular weight is 453 g/mol. The molecule has 4 rings (SSSR count). The topological polar surface area (TPSA) is 93.1 Å². The molecule has 0 bridgehead atoms. The fourth-order valence-corrected chi connectivity index (χ4v) is 5.42. The molecule has 1 aliphatic rings. The molecule has 0 spiro atoms. The third kappa shape index (κ3) is 5.26. The van der Waals surface area contributed by atoms with Crippen LogP contribution in [0.25, 0.3) is 5.69 Å². The van der Waals surface area contributed by atoms with Gasteiger partial charge in [0.2, 0.25) is 15.9 Å². The van der Waals surface area contributed by atoms with E-state index in [0.717, 1.165) is 11.3 Å². The third-order valence-corrected chi connectivity index (χ3v) is 7.53. The second-order valence-corrected chi connectivity index (χ2v) is 9.97. The van der Waals surface area contributed by atoms with E-state index in [2.05, 4.69) is 15.1 Å². The number of hydrogen-bond acceptors (Lipinski definition) is 4. The third-order valence-electron chi connectivity index (χ3n) is 5.99. The lowest BCUT2D eigenvalue weighted by molar-refractivity contribution is -0.126. The predicted molar refractivity (Wildman–Crippen MR) is 123 cm³/mol. The fraction of sp³-hybridized carbons (Fsp3) is 0.333. The quantitative estimate of drug-likeness (QED) is 0.573. The molecule has 1 amide bonds. The van der Waals surface area contributed by atoms with E-state index < -0.39 is 10.0 Å². The lowest BCUT2D eigenvalue weighted by atomic mass is 9.85. The molecular formula is C24H28N4O3S. The molecule has 3 aromatic rings. The number of carbonyl (C=O) groups excluding carboxylic acids is 1. The first kappa shape index (κ1) is 22.2. The van der Waals surface area contributed by atoms with Gasteiger partial charge >= 0.3 is 0 Å². The Labute approximate surface area is 188 Å². The molecule has 1 saturated carbocycles. The summed E-state index contributed by atoms with van der Waals surface area (Å²) in [5.41, 5.74) is 1.87. The number of hydrogen-bond donors (Lipinski definition) is 2. The van der Waals surface area contributed by atoms with Crippen molar-refractivity contribution in [1.29, 1.82) is 0 Å². The minimum Gasteiger partial charge on any atom is -0.349 e. The molecule has 1 heterocycles. The number of aromatic nitrogens is 2. The fourth-order valence-electron chi connectivity index (χ4n) is 4.12. The van der Waals surface area contributed by atoms with Gasteiger partial charge in [0.1, 0.15) is 0 Å². The highest BCUT2D eigenvalue weighted by Gasteiger charge is 2.29. The number of sulfonamides is 1. The van der Waals surface area contributed by atoms with E-state index >= 15 is 0 Å². The number of carbonyl (C=O) groups is 1. The van der Waals surface area contributed by atoms with Crippen molar-refractivity contribution in [1.82, 2.24) is 19.8 Å². The molecule has 0 unspecified atom stereocenters. The van der Waals surface area contributed by atoms with Crippen LogP contribution < -0.4 is 10.0 Å². The Kier molecular flexibility index (Phi) is 6.72. The van der Waals surface area contributed by atoms with Crippen molar-refractivity contribution in [3.63, 3.8) is 0 Å². The van der Waals surface area contributed by atoms with Crippen LogP contribution in [0, 0.1) is 5.92 Å². The summed E-state index contributed by atoms with van der Waals surface area (Å²) < 4.78 is 30.1. The summed E-state index contributed by atoms with van der Waals surface area (Å²) >= 11 is 0. The van der Waals surface area contributed by atoms with Crippen LogP contribution in [0.2, 0.25) is 0 Å². The van der Waals surface area contributed by atoms with Gasteiger partial charge in [0.05, 0.1) is 16.6 Å². The van der Waals surface area contributed by atoms with Gasteiger partial charge in [-0.3, -0.25) is 4.79 Å². The van der Waals surface area contributed by atoms with Crippen molar-refractivity contribution < 1.29 is 13.2 Å².